The number of rotatable bonds is 2. The molecule has 1 heterocycles. The van der Waals surface area contributed by atoms with Crippen molar-refractivity contribution in [3.63, 3.8) is 0 Å². The average molecular weight is 179 g/mol. The van der Waals surface area contributed by atoms with Gasteiger partial charge in [-0.25, -0.2) is 4.79 Å². The lowest BCUT2D eigenvalue weighted by molar-refractivity contribution is 0.306. The maximum atomic E-state index is 11.6. The molecule has 0 radical (unpaired) electrons. The molecule has 1 aliphatic rings. The van der Waals surface area contributed by atoms with E-state index < -0.39 is 0 Å². The van der Waals surface area contributed by atoms with E-state index >= 15 is 0 Å². The lowest BCUT2D eigenvalue weighted by Gasteiger charge is -2.24. The highest BCUT2D eigenvalue weighted by molar-refractivity contribution is 5.16. The third-order valence-corrected chi connectivity index (χ3v) is 2.48. The van der Waals surface area contributed by atoms with Crippen LogP contribution in [-0.2, 0) is 0 Å². The Kier molecular flexibility index (Phi) is 2.04. The van der Waals surface area contributed by atoms with E-state index in [0.29, 0.717) is 6.04 Å². The highest BCUT2D eigenvalue weighted by Gasteiger charge is 2.21. The summed E-state index contributed by atoms with van der Waals surface area (Å²) in [6.07, 6.45) is 8.57. The van der Waals surface area contributed by atoms with Crippen molar-refractivity contribution in [1.82, 2.24) is 14.3 Å². The van der Waals surface area contributed by atoms with Crippen LogP contribution in [0.1, 0.15) is 32.2 Å². The van der Waals surface area contributed by atoms with Crippen LogP contribution >= 0.6 is 0 Å². The molecule has 0 aliphatic heterocycles. The Bertz CT molecular complexity index is 370. The summed E-state index contributed by atoms with van der Waals surface area (Å²) >= 11 is 0. The third-order valence-electron chi connectivity index (χ3n) is 2.48. The van der Waals surface area contributed by atoms with Crippen LogP contribution in [0, 0.1) is 0 Å². The zero-order chi connectivity index (χ0) is 9.26. The first-order chi connectivity index (χ1) is 6.33. The number of hydrogen-bond acceptors (Lipinski definition) is 2. The summed E-state index contributed by atoms with van der Waals surface area (Å²) in [6.45, 7) is 1.87. The van der Waals surface area contributed by atoms with Crippen LogP contribution < -0.4 is 5.69 Å². The second kappa shape index (κ2) is 3.20. The topological polar surface area (TPSA) is 39.8 Å². The lowest BCUT2D eigenvalue weighted by Crippen LogP contribution is -2.29. The van der Waals surface area contributed by atoms with Crippen molar-refractivity contribution in [3.8, 4) is 0 Å². The van der Waals surface area contributed by atoms with Gasteiger partial charge in [0.25, 0.3) is 0 Å². The molecule has 0 unspecified atom stereocenters. The molecular weight excluding hydrogens is 166 g/mol. The fourth-order valence-corrected chi connectivity index (χ4v) is 1.49. The van der Waals surface area contributed by atoms with E-state index in [2.05, 4.69) is 5.10 Å². The first kappa shape index (κ1) is 8.29. The molecule has 0 N–H and O–H groups in total. The molecule has 2 rings (SSSR count). The molecule has 0 amide bonds. The monoisotopic (exact) mass is 179 g/mol. The van der Waals surface area contributed by atoms with E-state index in [-0.39, 0.29) is 5.69 Å². The van der Waals surface area contributed by atoms with E-state index in [1.165, 1.54) is 11.1 Å². The summed E-state index contributed by atoms with van der Waals surface area (Å²) in [5.74, 6) is 0. The largest absolute Gasteiger partial charge is 0.350 e. The Hall–Kier alpha value is -1.32. The van der Waals surface area contributed by atoms with Crippen molar-refractivity contribution in [2.24, 2.45) is 0 Å². The van der Waals surface area contributed by atoms with Gasteiger partial charge in [0.2, 0.25) is 0 Å². The number of nitrogens with zero attached hydrogens (tertiary/aromatic N) is 3. The van der Waals surface area contributed by atoms with Crippen molar-refractivity contribution in [3.05, 3.63) is 22.9 Å². The molecule has 0 atom stereocenters. The van der Waals surface area contributed by atoms with Gasteiger partial charge in [-0.3, -0.25) is 4.57 Å². The van der Waals surface area contributed by atoms with E-state index in [1.807, 2.05) is 6.92 Å². The fourth-order valence-electron chi connectivity index (χ4n) is 1.49. The molecule has 0 spiro atoms. The molecular formula is C9H13N3O. The normalized spacial score (nSPS) is 17.9. The van der Waals surface area contributed by atoms with Gasteiger partial charge in [0.15, 0.2) is 0 Å². The van der Waals surface area contributed by atoms with Gasteiger partial charge in [0.1, 0.15) is 6.33 Å². The Morgan fingerprint density at radius 1 is 1.62 bits per heavy atom. The summed E-state index contributed by atoms with van der Waals surface area (Å²) in [5.41, 5.74) is -0.0252. The maximum absolute atomic E-state index is 11.6. The summed E-state index contributed by atoms with van der Waals surface area (Å²) in [5, 5.41) is 3.99. The van der Waals surface area contributed by atoms with Gasteiger partial charge in [-0.05, 0) is 26.2 Å². The molecule has 1 saturated carbocycles. The number of allylic oxidation sites excluding steroid dienone is 1. The lowest BCUT2D eigenvalue weighted by atomic mass is 9.93. The van der Waals surface area contributed by atoms with E-state index in [0.717, 1.165) is 12.8 Å². The highest BCUT2D eigenvalue weighted by atomic mass is 16.2. The first-order valence-corrected chi connectivity index (χ1v) is 4.61. The zero-order valence-corrected chi connectivity index (χ0v) is 7.68. The molecule has 0 saturated heterocycles. The van der Waals surface area contributed by atoms with Gasteiger partial charge in [-0.15, -0.1) is 0 Å². The number of hydrogen-bond donors (Lipinski definition) is 0. The van der Waals surface area contributed by atoms with Crippen LogP contribution in [0.5, 0.6) is 0 Å². The van der Waals surface area contributed by atoms with Gasteiger partial charge in [-0.2, -0.15) is 9.78 Å². The van der Waals surface area contributed by atoms with E-state index in [4.69, 9.17) is 0 Å². The van der Waals surface area contributed by atoms with Crippen molar-refractivity contribution < 1.29 is 0 Å². The highest BCUT2D eigenvalue weighted by Crippen LogP contribution is 2.29. The van der Waals surface area contributed by atoms with Crippen molar-refractivity contribution in [2.45, 2.75) is 32.2 Å². The van der Waals surface area contributed by atoms with Crippen LogP contribution in [0.15, 0.2) is 17.2 Å². The van der Waals surface area contributed by atoms with Crippen molar-refractivity contribution in [1.29, 1.82) is 0 Å². The maximum Gasteiger partial charge on any atom is 0.350 e. The minimum Gasteiger partial charge on any atom is -0.278 e. The van der Waals surface area contributed by atoms with Gasteiger partial charge >= 0.3 is 5.69 Å². The fraction of sp³-hybridized carbons (Fsp3) is 0.556. The van der Waals surface area contributed by atoms with Gasteiger partial charge in [-0.1, -0.05) is 6.08 Å². The van der Waals surface area contributed by atoms with Crippen molar-refractivity contribution >= 4 is 6.20 Å². The third kappa shape index (κ3) is 1.32. The predicted octanol–water partition coefficient (Wildman–Crippen LogP) is 1.26. The quantitative estimate of drug-likeness (QED) is 0.685. The van der Waals surface area contributed by atoms with Crippen molar-refractivity contribution in [2.75, 3.05) is 0 Å². The summed E-state index contributed by atoms with van der Waals surface area (Å²) in [4.78, 5) is 11.6. The summed E-state index contributed by atoms with van der Waals surface area (Å²) in [6, 6.07) is 0.395. The van der Waals surface area contributed by atoms with Crippen LogP contribution in [0.2, 0.25) is 0 Å². The van der Waals surface area contributed by atoms with Crippen LogP contribution in [0.4, 0.5) is 0 Å². The molecule has 1 aromatic rings. The van der Waals surface area contributed by atoms with Gasteiger partial charge < -0.3 is 0 Å². The number of aromatic nitrogens is 3. The zero-order valence-electron chi connectivity index (χ0n) is 7.68. The molecule has 70 valence electrons. The van der Waals surface area contributed by atoms with E-state index in [1.54, 1.807) is 23.2 Å². The Balaban J connectivity index is 2.32. The summed E-state index contributed by atoms with van der Waals surface area (Å²) < 4.78 is 3.10. The summed E-state index contributed by atoms with van der Waals surface area (Å²) in [7, 11) is 0. The molecule has 13 heavy (non-hydrogen) atoms. The molecule has 1 fully saturated rings. The average Bonchev–Trinajstić information content (AvgIpc) is 2.34. The standard InChI is InChI=1S/C9H13N3O/c1-2-6-12-9(13)11(7-10-12)8-4-3-5-8/h2,6-8H,3-5H2,1H3/b6-2-. The minimum atomic E-state index is -0.0252. The smallest absolute Gasteiger partial charge is 0.278 e. The first-order valence-electron chi connectivity index (χ1n) is 4.61. The second-order valence-electron chi connectivity index (χ2n) is 3.33. The van der Waals surface area contributed by atoms with Gasteiger partial charge in [0.05, 0.1) is 0 Å². The van der Waals surface area contributed by atoms with Crippen LogP contribution in [-0.4, -0.2) is 14.3 Å². The molecule has 0 aromatic carbocycles. The Labute approximate surface area is 76.5 Å². The predicted molar refractivity (Wildman–Crippen MR) is 50.4 cm³/mol. The SMILES string of the molecule is C/C=C\n1ncn(C2CCC2)c1=O. The van der Waals surface area contributed by atoms with Crippen LogP contribution in [0.3, 0.4) is 0 Å². The molecule has 4 heteroatoms. The van der Waals surface area contributed by atoms with E-state index in [9.17, 15) is 4.79 Å². The second-order valence-corrected chi connectivity index (χ2v) is 3.33. The minimum absolute atomic E-state index is 0.0252. The van der Waals surface area contributed by atoms with Crippen LogP contribution in [0.25, 0.3) is 6.20 Å². The van der Waals surface area contributed by atoms with Gasteiger partial charge in [0, 0.05) is 12.2 Å². The Morgan fingerprint density at radius 2 is 2.38 bits per heavy atom. The Morgan fingerprint density at radius 3 is 2.92 bits per heavy atom. The molecule has 0 bridgehead atoms. The molecule has 1 aromatic heterocycles. The molecule has 4 nitrogen and oxygen atoms in total. The molecule has 1 aliphatic carbocycles.